The van der Waals surface area contributed by atoms with E-state index in [0.29, 0.717) is 0 Å². The SMILES string of the molecule is CCCc1c(F)cccc1CC. The van der Waals surface area contributed by atoms with E-state index in [9.17, 15) is 4.39 Å². The molecule has 0 spiro atoms. The molecule has 1 aromatic carbocycles. The lowest BCUT2D eigenvalue weighted by molar-refractivity contribution is 0.603. The summed E-state index contributed by atoms with van der Waals surface area (Å²) < 4.78 is 13.2. The van der Waals surface area contributed by atoms with E-state index in [0.717, 1.165) is 30.4 Å². The van der Waals surface area contributed by atoms with Crippen molar-refractivity contribution >= 4 is 0 Å². The maximum Gasteiger partial charge on any atom is 0.126 e. The van der Waals surface area contributed by atoms with Gasteiger partial charge in [-0.15, -0.1) is 0 Å². The molecule has 0 aliphatic carbocycles. The van der Waals surface area contributed by atoms with Crippen molar-refractivity contribution in [2.24, 2.45) is 0 Å². The molecular formula is C11H15F. The summed E-state index contributed by atoms with van der Waals surface area (Å²) in [5.41, 5.74) is 2.05. The molecule has 0 aliphatic heterocycles. The first-order valence-electron chi connectivity index (χ1n) is 4.55. The van der Waals surface area contributed by atoms with Crippen molar-refractivity contribution in [3.63, 3.8) is 0 Å². The summed E-state index contributed by atoms with van der Waals surface area (Å²) in [6.45, 7) is 4.14. The Morgan fingerprint density at radius 3 is 2.58 bits per heavy atom. The molecule has 0 saturated heterocycles. The van der Waals surface area contributed by atoms with Crippen molar-refractivity contribution < 1.29 is 4.39 Å². The summed E-state index contributed by atoms with van der Waals surface area (Å²) >= 11 is 0. The Morgan fingerprint density at radius 1 is 1.25 bits per heavy atom. The van der Waals surface area contributed by atoms with E-state index in [1.54, 1.807) is 12.1 Å². The van der Waals surface area contributed by atoms with E-state index in [1.807, 2.05) is 6.07 Å². The molecule has 0 unspecified atom stereocenters. The van der Waals surface area contributed by atoms with Gasteiger partial charge >= 0.3 is 0 Å². The van der Waals surface area contributed by atoms with E-state index in [1.165, 1.54) is 0 Å². The zero-order valence-corrected chi connectivity index (χ0v) is 7.73. The molecule has 0 aromatic heterocycles. The minimum Gasteiger partial charge on any atom is -0.207 e. The van der Waals surface area contributed by atoms with Gasteiger partial charge in [0.1, 0.15) is 5.82 Å². The van der Waals surface area contributed by atoms with Crippen LogP contribution in [0.5, 0.6) is 0 Å². The first-order valence-corrected chi connectivity index (χ1v) is 4.55. The van der Waals surface area contributed by atoms with Gasteiger partial charge in [0.2, 0.25) is 0 Å². The molecule has 66 valence electrons. The third-order valence-corrected chi connectivity index (χ3v) is 2.10. The van der Waals surface area contributed by atoms with Crippen LogP contribution < -0.4 is 0 Å². The Morgan fingerprint density at radius 2 is 2.00 bits per heavy atom. The van der Waals surface area contributed by atoms with E-state index in [-0.39, 0.29) is 5.82 Å². The van der Waals surface area contributed by atoms with Crippen molar-refractivity contribution in [2.45, 2.75) is 33.1 Å². The highest BCUT2D eigenvalue weighted by atomic mass is 19.1. The quantitative estimate of drug-likeness (QED) is 0.646. The normalized spacial score (nSPS) is 10.2. The van der Waals surface area contributed by atoms with Gasteiger partial charge in [-0.3, -0.25) is 0 Å². The summed E-state index contributed by atoms with van der Waals surface area (Å²) in [5, 5.41) is 0. The fourth-order valence-electron chi connectivity index (χ4n) is 1.46. The van der Waals surface area contributed by atoms with Gasteiger partial charge in [-0.25, -0.2) is 4.39 Å². The van der Waals surface area contributed by atoms with Gasteiger partial charge in [0.15, 0.2) is 0 Å². The maximum atomic E-state index is 13.2. The number of rotatable bonds is 3. The molecular weight excluding hydrogens is 151 g/mol. The van der Waals surface area contributed by atoms with Crippen LogP contribution in [0.4, 0.5) is 4.39 Å². The second-order valence-corrected chi connectivity index (χ2v) is 2.98. The van der Waals surface area contributed by atoms with Crippen molar-refractivity contribution in [1.29, 1.82) is 0 Å². The van der Waals surface area contributed by atoms with Crippen LogP contribution in [0.15, 0.2) is 18.2 Å². The highest BCUT2D eigenvalue weighted by Gasteiger charge is 2.04. The molecule has 1 rings (SSSR count). The molecule has 0 fully saturated rings. The second kappa shape index (κ2) is 4.24. The highest BCUT2D eigenvalue weighted by molar-refractivity contribution is 5.28. The molecule has 0 saturated carbocycles. The minimum atomic E-state index is -0.0452. The Hall–Kier alpha value is -0.850. The summed E-state index contributed by atoms with van der Waals surface area (Å²) in [7, 11) is 0. The minimum absolute atomic E-state index is 0.0452. The standard InChI is InChI=1S/C11H15F/c1-3-6-10-9(4-2)7-5-8-11(10)12/h5,7-8H,3-4,6H2,1-2H3. The van der Waals surface area contributed by atoms with Crippen molar-refractivity contribution in [1.82, 2.24) is 0 Å². The number of halogens is 1. The number of benzene rings is 1. The van der Waals surface area contributed by atoms with E-state index < -0.39 is 0 Å². The van der Waals surface area contributed by atoms with E-state index in [2.05, 4.69) is 13.8 Å². The molecule has 12 heavy (non-hydrogen) atoms. The molecule has 0 radical (unpaired) electrons. The topological polar surface area (TPSA) is 0 Å². The van der Waals surface area contributed by atoms with Gasteiger partial charge < -0.3 is 0 Å². The number of aryl methyl sites for hydroxylation is 1. The lowest BCUT2D eigenvalue weighted by Gasteiger charge is -2.06. The van der Waals surface area contributed by atoms with Crippen LogP contribution in [0.2, 0.25) is 0 Å². The summed E-state index contributed by atoms with van der Waals surface area (Å²) in [5.74, 6) is -0.0452. The summed E-state index contributed by atoms with van der Waals surface area (Å²) in [4.78, 5) is 0. The summed E-state index contributed by atoms with van der Waals surface area (Å²) in [6, 6.07) is 5.34. The zero-order valence-electron chi connectivity index (χ0n) is 7.73. The fraction of sp³-hybridized carbons (Fsp3) is 0.455. The van der Waals surface area contributed by atoms with Gasteiger partial charge in [0.05, 0.1) is 0 Å². The van der Waals surface area contributed by atoms with Crippen LogP contribution in [0, 0.1) is 5.82 Å². The van der Waals surface area contributed by atoms with Crippen molar-refractivity contribution in [2.75, 3.05) is 0 Å². The molecule has 0 bridgehead atoms. The van der Waals surface area contributed by atoms with Crippen LogP contribution in [0.25, 0.3) is 0 Å². The maximum absolute atomic E-state index is 13.2. The Labute approximate surface area is 73.4 Å². The largest absolute Gasteiger partial charge is 0.207 e. The predicted octanol–water partition coefficient (Wildman–Crippen LogP) is 3.34. The monoisotopic (exact) mass is 166 g/mol. The third-order valence-electron chi connectivity index (χ3n) is 2.10. The average molecular weight is 166 g/mol. The highest BCUT2D eigenvalue weighted by Crippen LogP contribution is 2.15. The Balaban J connectivity index is 3.02. The number of hydrogen-bond acceptors (Lipinski definition) is 0. The fourth-order valence-corrected chi connectivity index (χ4v) is 1.46. The molecule has 1 aromatic rings. The first-order chi connectivity index (χ1) is 5.79. The molecule has 0 heterocycles. The van der Waals surface area contributed by atoms with Crippen molar-refractivity contribution in [3.8, 4) is 0 Å². The predicted molar refractivity (Wildman–Crippen MR) is 49.8 cm³/mol. The van der Waals surface area contributed by atoms with Crippen molar-refractivity contribution in [3.05, 3.63) is 35.1 Å². The lowest BCUT2D eigenvalue weighted by atomic mass is 10.0. The molecule has 0 amide bonds. The molecule has 0 N–H and O–H groups in total. The van der Waals surface area contributed by atoms with E-state index >= 15 is 0 Å². The molecule has 0 atom stereocenters. The summed E-state index contributed by atoms with van der Waals surface area (Å²) in [6.07, 6.45) is 2.79. The van der Waals surface area contributed by atoms with Gasteiger partial charge in [-0.1, -0.05) is 32.4 Å². The van der Waals surface area contributed by atoms with E-state index in [4.69, 9.17) is 0 Å². The number of hydrogen-bond donors (Lipinski definition) is 0. The lowest BCUT2D eigenvalue weighted by Crippen LogP contribution is -1.96. The molecule has 0 aliphatic rings. The second-order valence-electron chi connectivity index (χ2n) is 2.98. The smallest absolute Gasteiger partial charge is 0.126 e. The van der Waals surface area contributed by atoms with Crippen LogP contribution in [-0.4, -0.2) is 0 Å². The zero-order chi connectivity index (χ0) is 8.97. The first kappa shape index (κ1) is 9.24. The third kappa shape index (κ3) is 1.84. The molecule has 1 heteroatoms. The van der Waals surface area contributed by atoms with Gasteiger partial charge in [0, 0.05) is 0 Å². The van der Waals surface area contributed by atoms with Crippen LogP contribution in [-0.2, 0) is 12.8 Å². The Bertz CT molecular complexity index is 253. The van der Waals surface area contributed by atoms with Crippen LogP contribution in [0.3, 0.4) is 0 Å². The van der Waals surface area contributed by atoms with Gasteiger partial charge in [-0.05, 0) is 30.0 Å². The molecule has 0 nitrogen and oxygen atoms in total. The van der Waals surface area contributed by atoms with Gasteiger partial charge in [-0.2, -0.15) is 0 Å². The van der Waals surface area contributed by atoms with Crippen LogP contribution >= 0.6 is 0 Å². The van der Waals surface area contributed by atoms with Gasteiger partial charge in [0.25, 0.3) is 0 Å². The van der Waals surface area contributed by atoms with Crippen LogP contribution in [0.1, 0.15) is 31.4 Å². The average Bonchev–Trinajstić information content (AvgIpc) is 2.09. The Kier molecular flexibility index (Phi) is 3.27.